The molecule has 0 spiro atoms. The van der Waals surface area contributed by atoms with Crippen molar-refractivity contribution in [2.45, 2.75) is 12.7 Å². The highest BCUT2D eigenvalue weighted by Gasteiger charge is 2.22. The van der Waals surface area contributed by atoms with Crippen LogP contribution < -0.4 is 10.7 Å². The molecular formula is C11H14N4. The number of benzene rings is 1. The Hall–Kier alpha value is -1.39. The van der Waals surface area contributed by atoms with Crippen LogP contribution in [0.5, 0.6) is 0 Å². The first-order valence-electron chi connectivity index (χ1n) is 5.27. The lowest BCUT2D eigenvalue weighted by Gasteiger charge is -2.21. The molecule has 1 aromatic rings. The minimum atomic E-state index is 0.228. The summed E-state index contributed by atoms with van der Waals surface area (Å²) in [4.78, 5) is 4.17. The molecule has 2 aliphatic rings. The quantitative estimate of drug-likeness (QED) is 0.739. The van der Waals surface area contributed by atoms with Crippen molar-refractivity contribution in [3.63, 3.8) is 0 Å². The van der Waals surface area contributed by atoms with Gasteiger partial charge in [-0.2, -0.15) is 0 Å². The molecule has 0 aliphatic carbocycles. The van der Waals surface area contributed by atoms with E-state index in [1.54, 1.807) is 0 Å². The Morgan fingerprint density at radius 2 is 2.33 bits per heavy atom. The lowest BCUT2D eigenvalue weighted by molar-refractivity contribution is 0.267. The second-order valence-corrected chi connectivity index (χ2v) is 3.86. The maximum atomic E-state index is 4.17. The van der Waals surface area contributed by atoms with Gasteiger partial charge in [-0.25, -0.2) is 5.43 Å². The molecule has 0 bridgehead atoms. The molecule has 78 valence electrons. The van der Waals surface area contributed by atoms with Crippen LogP contribution in [0.2, 0.25) is 0 Å². The maximum absolute atomic E-state index is 4.17. The van der Waals surface area contributed by atoms with Crippen LogP contribution in [0, 0.1) is 0 Å². The Morgan fingerprint density at radius 1 is 1.40 bits per heavy atom. The summed E-state index contributed by atoms with van der Waals surface area (Å²) in [7, 11) is 0. The van der Waals surface area contributed by atoms with E-state index in [-0.39, 0.29) is 6.17 Å². The van der Waals surface area contributed by atoms with Crippen LogP contribution in [-0.4, -0.2) is 24.4 Å². The summed E-state index contributed by atoms with van der Waals surface area (Å²) in [6, 6.07) is 8.50. The van der Waals surface area contributed by atoms with Gasteiger partial charge in [-0.3, -0.25) is 15.3 Å². The topological polar surface area (TPSA) is 39.7 Å². The number of hydrogen-bond donors (Lipinski definition) is 2. The molecule has 0 aromatic heterocycles. The van der Waals surface area contributed by atoms with E-state index in [9.17, 15) is 0 Å². The van der Waals surface area contributed by atoms with E-state index in [2.05, 4.69) is 40.0 Å². The normalized spacial score (nSPS) is 23.5. The van der Waals surface area contributed by atoms with Crippen molar-refractivity contribution in [2.75, 3.05) is 13.1 Å². The molecule has 0 radical (unpaired) electrons. The van der Waals surface area contributed by atoms with Crippen molar-refractivity contribution in [1.29, 1.82) is 0 Å². The van der Waals surface area contributed by atoms with Gasteiger partial charge in [0.2, 0.25) is 0 Å². The zero-order valence-electron chi connectivity index (χ0n) is 8.48. The van der Waals surface area contributed by atoms with E-state index in [0.717, 1.165) is 19.6 Å². The van der Waals surface area contributed by atoms with Crippen molar-refractivity contribution >= 4 is 6.34 Å². The van der Waals surface area contributed by atoms with E-state index in [4.69, 9.17) is 0 Å². The van der Waals surface area contributed by atoms with Crippen molar-refractivity contribution in [2.24, 2.45) is 4.99 Å². The Bertz CT molecular complexity index is 388. The average Bonchev–Trinajstić information content (AvgIpc) is 2.89. The summed E-state index contributed by atoms with van der Waals surface area (Å²) < 4.78 is 0. The number of aliphatic imine (C=N–C) groups is 1. The first-order valence-corrected chi connectivity index (χ1v) is 5.27. The van der Waals surface area contributed by atoms with Gasteiger partial charge in [0.1, 0.15) is 6.17 Å². The van der Waals surface area contributed by atoms with Crippen molar-refractivity contribution in [1.82, 2.24) is 15.8 Å². The molecule has 2 heterocycles. The van der Waals surface area contributed by atoms with Crippen LogP contribution in [0.15, 0.2) is 29.3 Å². The highest BCUT2D eigenvalue weighted by molar-refractivity contribution is 5.56. The average molecular weight is 202 g/mol. The Morgan fingerprint density at radius 3 is 3.20 bits per heavy atom. The largest absolute Gasteiger partial charge is 0.295 e. The van der Waals surface area contributed by atoms with Gasteiger partial charge in [-0.15, -0.1) is 0 Å². The molecule has 0 saturated heterocycles. The number of fused-ring (bicyclic) bond motifs is 1. The predicted octanol–water partition coefficient (Wildman–Crippen LogP) is 0.637. The monoisotopic (exact) mass is 202 g/mol. The first-order chi connectivity index (χ1) is 7.43. The molecule has 2 aliphatic heterocycles. The third-order valence-electron chi connectivity index (χ3n) is 2.85. The highest BCUT2D eigenvalue weighted by Crippen LogP contribution is 2.22. The van der Waals surface area contributed by atoms with E-state index < -0.39 is 0 Å². The molecule has 0 fully saturated rings. The fourth-order valence-electron chi connectivity index (χ4n) is 2.06. The van der Waals surface area contributed by atoms with Crippen LogP contribution in [0.4, 0.5) is 0 Å². The molecule has 15 heavy (non-hydrogen) atoms. The number of nitrogens with one attached hydrogen (secondary N) is 2. The molecule has 1 atom stereocenters. The second kappa shape index (κ2) is 3.64. The van der Waals surface area contributed by atoms with Crippen LogP contribution in [0.25, 0.3) is 0 Å². The number of nitrogens with zero attached hydrogens (tertiary/aromatic N) is 2. The van der Waals surface area contributed by atoms with E-state index in [1.165, 1.54) is 11.1 Å². The summed E-state index contributed by atoms with van der Waals surface area (Å²) in [5.74, 6) is 0. The van der Waals surface area contributed by atoms with Gasteiger partial charge in [0.25, 0.3) is 0 Å². The first kappa shape index (κ1) is 8.88. The van der Waals surface area contributed by atoms with Gasteiger partial charge in [-0.05, 0) is 11.1 Å². The van der Waals surface area contributed by atoms with Crippen molar-refractivity contribution in [3.8, 4) is 0 Å². The lowest BCUT2D eigenvalue weighted by Crippen LogP contribution is -2.41. The summed E-state index contributed by atoms with van der Waals surface area (Å²) in [6.07, 6.45) is 2.09. The zero-order chi connectivity index (χ0) is 10.1. The Labute approximate surface area is 89.0 Å². The standard InChI is InChI=1S/C11H14N4/c1-2-4-10-9(3-1)7-13-11(10)14-15-6-5-12-8-15/h1-4,8,11,13-14H,5-7H2. The van der Waals surface area contributed by atoms with Crippen molar-refractivity contribution in [3.05, 3.63) is 35.4 Å². The molecule has 3 rings (SSSR count). The minimum absolute atomic E-state index is 0.228. The molecule has 1 aromatic carbocycles. The lowest BCUT2D eigenvalue weighted by atomic mass is 10.1. The second-order valence-electron chi connectivity index (χ2n) is 3.86. The van der Waals surface area contributed by atoms with Gasteiger partial charge in [0.05, 0.1) is 19.4 Å². The maximum Gasteiger partial charge on any atom is 0.102 e. The fourth-order valence-corrected chi connectivity index (χ4v) is 2.06. The van der Waals surface area contributed by atoms with E-state index in [0.29, 0.717) is 0 Å². The Balaban J connectivity index is 1.76. The molecular weight excluding hydrogens is 188 g/mol. The summed E-state index contributed by atoms with van der Waals surface area (Å²) in [6.45, 7) is 2.79. The Kier molecular flexibility index (Phi) is 2.16. The van der Waals surface area contributed by atoms with Crippen LogP contribution in [0.3, 0.4) is 0 Å². The van der Waals surface area contributed by atoms with Crippen LogP contribution in [-0.2, 0) is 6.54 Å². The van der Waals surface area contributed by atoms with Gasteiger partial charge < -0.3 is 0 Å². The SMILES string of the molecule is C1=NCCN1NC1NCc2ccccc21. The van der Waals surface area contributed by atoms with Gasteiger partial charge in [-0.1, -0.05) is 24.3 Å². The number of hydrogen-bond acceptors (Lipinski definition) is 4. The fraction of sp³-hybridized carbons (Fsp3) is 0.364. The molecule has 4 nitrogen and oxygen atoms in total. The predicted molar refractivity (Wildman–Crippen MR) is 59.2 cm³/mol. The van der Waals surface area contributed by atoms with E-state index in [1.807, 2.05) is 11.3 Å². The van der Waals surface area contributed by atoms with Gasteiger partial charge >= 0.3 is 0 Å². The van der Waals surface area contributed by atoms with Crippen LogP contribution in [0.1, 0.15) is 17.3 Å². The van der Waals surface area contributed by atoms with E-state index >= 15 is 0 Å². The van der Waals surface area contributed by atoms with Gasteiger partial charge in [0, 0.05) is 6.54 Å². The van der Waals surface area contributed by atoms with Gasteiger partial charge in [0.15, 0.2) is 0 Å². The minimum Gasteiger partial charge on any atom is -0.295 e. The molecule has 1 unspecified atom stereocenters. The number of rotatable bonds is 2. The smallest absolute Gasteiger partial charge is 0.102 e. The number of hydrazine groups is 1. The zero-order valence-corrected chi connectivity index (χ0v) is 8.48. The van der Waals surface area contributed by atoms with Crippen molar-refractivity contribution < 1.29 is 0 Å². The molecule has 2 N–H and O–H groups in total. The summed E-state index contributed by atoms with van der Waals surface area (Å²) in [5.41, 5.74) is 6.13. The molecule has 0 amide bonds. The highest BCUT2D eigenvalue weighted by atomic mass is 15.6. The molecule has 4 heteroatoms. The van der Waals surface area contributed by atoms with Crippen LogP contribution >= 0.6 is 0 Å². The molecule has 0 saturated carbocycles. The summed E-state index contributed by atoms with van der Waals surface area (Å²) >= 11 is 0. The summed E-state index contributed by atoms with van der Waals surface area (Å²) in [5, 5.41) is 5.48. The third-order valence-corrected chi connectivity index (χ3v) is 2.85. The third kappa shape index (κ3) is 1.62.